The summed E-state index contributed by atoms with van der Waals surface area (Å²) in [5.41, 5.74) is 0. The van der Waals surface area contributed by atoms with Crippen LogP contribution in [0.3, 0.4) is 0 Å². The largest absolute Gasteiger partial charge is 2.00 e. The molecule has 0 N–H and O–H groups in total. The molecule has 1 nitrogen and oxygen atoms in total. The van der Waals surface area contributed by atoms with Gasteiger partial charge in [-0.25, -0.2) is 0 Å². The van der Waals surface area contributed by atoms with Crippen LogP contribution >= 0.6 is 0 Å². The molecule has 0 amide bonds. The second-order valence-corrected chi connectivity index (χ2v) is 0. The normalized spacial score (nSPS) is 0. The third-order valence-corrected chi connectivity index (χ3v) is 0. The van der Waals surface area contributed by atoms with Crippen molar-refractivity contribution in [1.82, 2.24) is 0 Å². The van der Waals surface area contributed by atoms with Gasteiger partial charge < -0.3 is 17.9 Å². The molecule has 0 atom stereocenters. The second kappa shape index (κ2) is 23.1. The maximum atomic E-state index is 0. The van der Waals surface area contributed by atoms with Crippen molar-refractivity contribution in [3.63, 3.8) is 0 Å². The van der Waals surface area contributed by atoms with Gasteiger partial charge in [0, 0.05) is 0 Å². The summed E-state index contributed by atoms with van der Waals surface area (Å²) in [6.45, 7) is 0. The first kappa shape index (κ1) is 45.9. The number of hydrogen-bond acceptors (Lipinski definition) is 0. The molecule has 0 fully saturated rings. The molecule has 0 bridgehead atoms. The van der Waals surface area contributed by atoms with Gasteiger partial charge in [-0.15, -0.1) is 0 Å². The molecule has 0 unspecified atom stereocenters. The summed E-state index contributed by atoms with van der Waals surface area (Å²) in [5, 5.41) is 0. The molecule has 0 rings (SSSR count). The van der Waals surface area contributed by atoms with E-state index in [-0.39, 0.29) is 59.8 Å². The molecule has 0 aliphatic rings. The third kappa shape index (κ3) is 9.48. The summed E-state index contributed by atoms with van der Waals surface area (Å²) >= 11 is 0. The van der Waals surface area contributed by atoms with Crippen LogP contribution in [0.1, 0.15) is 0 Å². The molecular formula is ClLiMgO. The van der Waals surface area contributed by atoms with Crippen LogP contribution in [0.25, 0.3) is 0 Å². The van der Waals surface area contributed by atoms with Gasteiger partial charge in [0.15, 0.2) is 0 Å². The van der Waals surface area contributed by atoms with E-state index in [2.05, 4.69) is 0 Å². The predicted molar refractivity (Wildman–Crippen MR) is 6.44 cm³/mol. The van der Waals surface area contributed by atoms with Crippen LogP contribution < -0.4 is 31.3 Å². The first-order valence-corrected chi connectivity index (χ1v) is 0. The molecule has 4 heavy (non-hydrogen) atoms. The Hall–Kier alpha value is 1.61. The van der Waals surface area contributed by atoms with Gasteiger partial charge in [0.05, 0.1) is 0 Å². The van der Waals surface area contributed by atoms with Crippen LogP contribution in [0.4, 0.5) is 0 Å². The van der Waals surface area contributed by atoms with Gasteiger partial charge in [-0.2, -0.15) is 0 Å². The van der Waals surface area contributed by atoms with Gasteiger partial charge in [0.25, 0.3) is 0 Å². The van der Waals surface area contributed by atoms with E-state index in [1.165, 1.54) is 0 Å². The topological polar surface area (TPSA) is 28.5 Å². The summed E-state index contributed by atoms with van der Waals surface area (Å²) in [7, 11) is 0. The Morgan fingerprint density at radius 1 is 1.00 bits per heavy atom. The van der Waals surface area contributed by atoms with E-state index in [1.807, 2.05) is 0 Å². The number of rotatable bonds is 0. The van der Waals surface area contributed by atoms with Gasteiger partial charge in [-0.3, -0.25) is 0 Å². The zero-order valence-electron chi connectivity index (χ0n) is 2.49. The minimum atomic E-state index is 0. The van der Waals surface area contributed by atoms with Crippen LogP contribution in [0.2, 0.25) is 0 Å². The van der Waals surface area contributed by atoms with E-state index in [0.717, 1.165) is 0 Å². The average molecular weight is 82.7 g/mol. The maximum absolute atomic E-state index is 0. The Kier molecular flexibility index (Phi) is 265. The predicted octanol–water partition coefficient (Wildman–Crippen LogP) is -6.49. The number of halogens is 1. The van der Waals surface area contributed by atoms with E-state index < -0.39 is 0 Å². The minimum absolute atomic E-state index is 0. The van der Waals surface area contributed by atoms with Gasteiger partial charge in [0.2, 0.25) is 0 Å². The van der Waals surface area contributed by atoms with Crippen LogP contribution in [-0.2, 0) is 5.48 Å². The van der Waals surface area contributed by atoms with Crippen molar-refractivity contribution in [2.75, 3.05) is 0 Å². The molecule has 0 aliphatic heterocycles. The fraction of sp³-hybridized carbons (Fsp3) is 0. The second-order valence-electron chi connectivity index (χ2n) is 0. The zero-order valence-corrected chi connectivity index (χ0v) is 4.66. The first-order valence-electron chi connectivity index (χ1n) is 0. The van der Waals surface area contributed by atoms with Crippen molar-refractivity contribution in [2.24, 2.45) is 0 Å². The molecule has 4 heteroatoms. The summed E-state index contributed by atoms with van der Waals surface area (Å²) in [6, 6.07) is 0. The zero-order chi connectivity index (χ0) is 0. The van der Waals surface area contributed by atoms with Crippen LogP contribution in [0.15, 0.2) is 0 Å². The minimum Gasteiger partial charge on any atom is -2.00 e. The SMILES string of the molecule is [Cl-].[Li+].[Mg+2].[O-2]. The Balaban J connectivity index is 0. The summed E-state index contributed by atoms with van der Waals surface area (Å²) < 4.78 is 0. The molecule has 0 aromatic heterocycles. The van der Waals surface area contributed by atoms with Gasteiger partial charge in [-0.1, -0.05) is 0 Å². The van der Waals surface area contributed by atoms with E-state index in [0.29, 0.717) is 0 Å². The van der Waals surface area contributed by atoms with E-state index in [4.69, 9.17) is 0 Å². The molecule has 16 valence electrons. The summed E-state index contributed by atoms with van der Waals surface area (Å²) in [6.07, 6.45) is 0. The third-order valence-electron chi connectivity index (χ3n) is 0. The monoisotopic (exact) mass is 82.0 g/mol. The molecule has 0 aliphatic carbocycles. The first-order chi connectivity index (χ1) is 0. The number of hydrogen-bond donors (Lipinski definition) is 0. The molecule has 0 heterocycles. The van der Waals surface area contributed by atoms with Crippen molar-refractivity contribution >= 4 is 23.1 Å². The quantitative estimate of drug-likeness (QED) is 0.260. The summed E-state index contributed by atoms with van der Waals surface area (Å²) in [5.74, 6) is 0. The van der Waals surface area contributed by atoms with Crippen molar-refractivity contribution in [2.45, 2.75) is 0 Å². The van der Waals surface area contributed by atoms with Crippen molar-refractivity contribution < 1.29 is 36.7 Å². The molecule has 0 radical (unpaired) electrons. The standard InChI is InChI=1S/ClH.Li.Mg.O/h1H;;;/q;+1;+2;-2/p-1. The molecule has 0 saturated heterocycles. The van der Waals surface area contributed by atoms with Crippen LogP contribution in [-0.4, -0.2) is 23.1 Å². The van der Waals surface area contributed by atoms with Gasteiger partial charge >= 0.3 is 41.9 Å². The Labute approximate surface area is 59.6 Å². The molecule has 0 aromatic rings. The van der Waals surface area contributed by atoms with E-state index in [9.17, 15) is 0 Å². The maximum Gasteiger partial charge on any atom is 2.00 e. The Bertz CT molecular complexity index is 8.00. The van der Waals surface area contributed by atoms with Gasteiger partial charge in [-0.05, 0) is 0 Å². The fourth-order valence-corrected chi connectivity index (χ4v) is 0. The van der Waals surface area contributed by atoms with Crippen molar-refractivity contribution in [3.8, 4) is 0 Å². The molecule has 0 aromatic carbocycles. The van der Waals surface area contributed by atoms with Crippen LogP contribution in [0.5, 0.6) is 0 Å². The van der Waals surface area contributed by atoms with Crippen molar-refractivity contribution in [1.29, 1.82) is 0 Å². The average Bonchev–Trinajstić information content (AvgIpc) is 0. The van der Waals surface area contributed by atoms with E-state index in [1.54, 1.807) is 0 Å². The van der Waals surface area contributed by atoms with E-state index >= 15 is 0 Å². The molecule has 0 saturated carbocycles. The van der Waals surface area contributed by atoms with Gasteiger partial charge in [0.1, 0.15) is 0 Å². The van der Waals surface area contributed by atoms with Crippen molar-refractivity contribution in [3.05, 3.63) is 0 Å². The molecular weight excluding hydrogens is 82.7 g/mol. The Morgan fingerprint density at radius 2 is 1.00 bits per heavy atom. The smallest absolute Gasteiger partial charge is 2.00 e. The Morgan fingerprint density at radius 3 is 1.00 bits per heavy atom. The fourth-order valence-electron chi connectivity index (χ4n) is 0. The van der Waals surface area contributed by atoms with Crippen LogP contribution in [0, 0.1) is 0 Å². The summed E-state index contributed by atoms with van der Waals surface area (Å²) in [4.78, 5) is 0. The molecule has 0 spiro atoms.